The van der Waals surface area contributed by atoms with Crippen molar-refractivity contribution in [1.29, 1.82) is 0 Å². The van der Waals surface area contributed by atoms with E-state index in [1.807, 2.05) is 0 Å². The molecule has 38 heavy (non-hydrogen) atoms. The number of hydrogen-bond donors (Lipinski definition) is 1. The predicted octanol–water partition coefficient (Wildman–Crippen LogP) is 4.70. The summed E-state index contributed by atoms with van der Waals surface area (Å²) >= 11 is 5.89. The van der Waals surface area contributed by atoms with Crippen molar-refractivity contribution in [3.05, 3.63) is 76.4 Å². The summed E-state index contributed by atoms with van der Waals surface area (Å²) in [5.74, 6) is -2.05. The molecular formula is C27H26ClF2N3O4S. The van der Waals surface area contributed by atoms with Crippen LogP contribution >= 0.6 is 11.6 Å². The lowest BCUT2D eigenvalue weighted by atomic mass is 9.95. The molecule has 1 N–H and O–H groups in total. The summed E-state index contributed by atoms with van der Waals surface area (Å²) in [6.45, 7) is 3.92. The third kappa shape index (κ3) is 5.86. The molecule has 2 amide bonds. The van der Waals surface area contributed by atoms with Crippen molar-refractivity contribution in [3.63, 3.8) is 0 Å². The van der Waals surface area contributed by atoms with Gasteiger partial charge in [0.15, 0.2) is 5.03 Å². The summed E-state index contributed by atoms with van der Waals surface area (Å²) < 4.78 is 55.7. The quantitative estimate of drug-likeness (QED) is 0.471. The minimum atomic E-state index is -4.11. The number of halogens is 3. The Morgan fingerprint density at radius 3 is 2.34 bits per heavy atom. The second-order valence-electron chi connectivity index (χ2n) is 9.15. The smallest absolute Gasteiger partial charge is 0.223 e. The van der Waals surface area contributed by atoms with E-state index in [0.717, 1.165) is 18.2 Å². The first-order valence-corrected chi connectivity index (χ1v) is 13.8. The van der Waals surface area contributed by atoms with E-state index in [1.165, 1.54) is 37.3 Å². The molecule has 1 fully saturated rings. The summed E-state index contributed by atoms with van der Waals surface area (Å²) in [4.78, 5) is 30.3. The highest BCUT2D eigenvalue weighted by Crippen LogP contribution is 2.33. The summed E-state index contributed by atoms with van der Waals surface area (Å²) in [6, 6.07) is 9.63. The standard InChI is InChI=1S/C27H26ClF2N3O4S/c1-16-24(15-31-27(35)18-9-11-33(12-10-18)17(2)34)22(23-13-20(29)5-8-25(23)30)14-26(32-16)38(36,37)21-6-3-19(28)4-7-21/h3-8,13-14,18H,9-12,15H2,1-2H3,(H,31,35). The molecule has 0 unspecified atom stereocenters. The zero-order chi connectivity index (χ0) is 27.6. The summed E-state index contributed by atoms with van der Waals surface area (Å²) in [6.07, 6.45) is 1.01. The van der Waals surface area contributed by atoms with Crippen LogP contribution in [-0.4, -0.2) is 43.2 Å². The minimum absolute atomic E-state index is 0.0408. The molecular weight excluding hydrogens is 536 g/mol. The monoisotopic (exact) mass is 561 g/mol. The van der Waals surface area contributed by atoms with E-state index in [9.17, 15) is 26.8 Å². The number of pyridine rings is 1. The van der Waals surface area contributed by atoms with Crippen LogP contribution in [0.2, 0.25) is 5.02 Å². The van der Waals surface area contributed by atoms with E-state index in [0.29, 0.717) is 36.5 Å². The van der Waals surface area contributed by atoms with Crippen LogP contribution in [0.15, 0.2) is 58.5 Å². The van der Waals surface area contributed by atoms with E-state index >= 15 is 0 Å². The van der Waals surface area contributed by atoms with Crippen molar-refractivity contribution in [3.8, 4) is 11.1 Å². The Morgan fingerprint density at radius 2 is 1.71 bits per heavy atom. The van der Waals surface area contributed by atoms with Gasteiger partial charge in [0, 0.05) is 54.3 Å². The van der Waals surface area contributed by atoms with Crippen molar-refractivity contribution in [1.82, 2.24) is 15.2 Å². The first-order valence-electron chi connectivity index (χ1n) is 12.0. The van der Waals surface area contributed by atoms with Gasteiger partial charge in [0.1, 0.15) is 11.6 Å². The van der Waals surface area contributed by atoms with Gasteiger partial charge in [-0.05, 0) is 73.9 Å². The Balaban J connectivity index is 1.69. The topological polar surface area (TPSA) is 96.4 Å². The molecule has 0 bridgehead atoms. The van der Waals surface area contributed by atoms with Crippen LogP contribution in [0.4, 0.5) is 8.78 Å². The second-order valence-corrected chi connectivity index (χ2v) is 11.5. The van der Waals surface area contributed by atoms with Crippen LogP contribution in [0.1, 0.15) is 31.0 Å². The third-order valence-corrected chi connectivity index (χ3v) is 8.58. The lowest BCUT2D eigenvalue weighted by Crippen LogP contribution is -2.42. The number of carbonyl (C=O) groups is 2. The molecule has 0 atom stereocenters. The van der Waals surface area contributed by atoms with Crippen LogP contribution in [0.25, 0.3) is 11.1 Å². The zero-order valence-electron chi connectivity index (χ0n) is 20.8. The van der Waals surface area contributed by atoms with Crippen LogP contribution in [-0.2, 0) is 26.0 Å². The van der Waals surface area contributed by atoms with E-state index in [-0.39, 0.29) is 51.0 Å². The molecule has 1 aliphatic rings. The van der Waals surface area contributed by atoms with Crippen LogP contribution in [0, 0.1) is 24.5 Å². The number of benzene rings is 2. The van der Waals surface area contributed by atoms with Gasteiger partial charge in [0.2, 0.25) is 21.7 Å². The van der Waals surface area contributed by atoms with Crippen molar-refractivity contribution >= 4 is 33.3 Å². The van der Waals surface area contributed by atoms with E-state index in [4.69, 9.17) is 11.6 Å². The van der Waals surface area contributed by atoms with Gasteiger partial charge in [-0.15, -0.1) is 0 Å². The first kappa shape index (κ1) is 27.7. The van der Waals surface area contributed by atoms with E-state index < -0.39 is 21.5 Å². The highest BCUT2D eigenvalue weighted by molar-refractivity contribution is 7.91. The maximum Gasteiger partial charge on any atom is 0.223 e. The molecule has 0 aliphatic carbocycles. The molecule has 1 saturated heterocycles. The van der Waals surface area contributed by atoms with Crippen molar-refractivity contribution in [2.24, 2.45) is 5.92 Å². The average molecular weight is 562 g/mol. The van der Waals surface area contributed by atoms with E-state index in [1.54, 1.807) is 11.8 Å². The van der Waals surface area contributed by atoms with Gasteiger partial charge in [-0.2, -0.15) is 0 Å². The molecule has 3 aromatic rings. The summed E-state index contributed by atoms with van der Waals surface area (Å²) in [5, 5.41) is 2.84. The van der Waals surface area contributed by atoms with Gasteiger partial charge in [0.25, 0.3) is 0 Å². The highest BCUT2D eigenvalue weighted by atomic mass is 35.5. The molecule has 4 rings (SSSR count). The number of rotatable bonds is 6. The third-order valence-electron chi connectivity index (χ3n) is 6.68. The number of amides is 2. The fourth-order valence-electron chi connectivity index (χ4n) is 4.49. The first-order chi connectivity index (χ1) is 18.0. The van der Waals surface area contributed by atoms with Gasteiger partial charge in [0.05, 0.1) is 4.90 Å². The Morgan fingerprint density at radius 1 is 1.05 bits per heavy atom. The van der Waals surface area contributed by atoms with Crippen LogP contribution < -0.4 is 5.32 Å². The Bertz CT molecular complexity index is 1490. The molecule has 7 nitrogen and oxygen atoms in total. The van der Waals surface area contributed by atoms with Crippen molar-refractivity contribution < 1.29 is 26.8 Å². The fourth-order valence-corrected chi connectivity index (χ4v) is 5.88. The number of nitrogens with zero attached hydrogens (tertiary/aromatic N) is 2. The Hall–Kier alpha value is -3.37. The molecule has 0 spiro atoms. The number of sulfone groups is 1. The number of aryl methyl sites for hydroxylation is 1. The van der Waals surface area contributed by atoms with Gasteiger partial charge >= 0.3 is 0 Å². The zero-order valence-corrected chi connectivity index (χ0v) is 22.4. The summed E-state index contributed by atoms with van der Waals surface area (Å²) in [7, 11) is -4.11. The molecule has 2 heterocycles. The number of hydrogen-bond acceptors (Lipinski definition) is 5. The Labute approximate surface area is 224 Å². The molecule has 11 heteroatoms. The number of nitrogens with one attached hydrogen (secondary N) is 1. The molecule has 0 radical (unpaired) electrons. The molecule has 0 saturated carbocycles. The van der Waals surface area contributed by atoms with Gasteiger partial charge in [-0.3, -0.25) is 9.59 Å². The molecule has 1 aromatic heterocycles. The Kier molecular flexibility index (Phi) is 8.13. The largest absolute Gasteiger partial charge is 0.352 e. The van der Waals surface area contributed by atoms with Crippen LogP contribution in [0.5, 0.6) is 0 Å². The van der Waals surface area contributed by atoms with Crippen molar-refractivity contribution in [2.45, 2.75) is 43.2 Å². The number of carbonyl (C=O) groups excluding carboxylic acids is 2. The molecule has 2 aromatic carbocycles. The predicted molar refractivity (Wildman–Crippen MR) is 138 cm³/mol. The maximum atomic E-state index is 14.9. The SMILES string of the molecule is CC(=O)N1CCC(C(=O)NCc2c(-c3cc(F)ccc3F)cc(S(=O)(=O)c3ccc(Cl)cc3)nc2C)CC1. The fraction of sp³-hybridized carbons (Fsp3) is 0.296. The van der Waals surface area contributed by atoms with E-state index in [2.05, 4.69) is 10.3 Å². The molecule has 1 aliphatic heterocycles. The number of likely N-dealkylation sites (tertiary alicyclic amines) is 1. The molecule has 200 valence electrons. The number of aromatic nitrogens is 1. The van der Waals surface area contributed by atoms with Gasteiger partial charge in [-0.1, -0.05) is 11.6 Å². The maximum absolute atomic E-state index is 14.9. The van der Waals surface area contributed by atoms with Gasteiger partial charge in [-0.25, -0.2) is 22.2 Å². The lowest BCUT2D eigenvalue weighted by molar-refractivity contribution is -0.134. The average Bonchev–Trinajstić information content (AvgIpc) is 2.89. The second kappa shape index (κ2) is 11.2. The summed E-state index contributed by atoms with van der Waals surface area (Å²) in [5.41, 5.74) is 0.556. The minimum Gasteiger partial charge on any atom is -0.352 e. The normalized spacial score (nSPS) is 14.4. The van der Waals surface area contributed by atoms with Crippen LogP contribution in [0.3, 0.4) is 0 Å². The van der Waals surface area contributed by atoms with Crippen molar-refractivity contribution in [2.75, 3.05) is 13.1 Å². The van der Waals surface area contributed by atoms with Gasteiger partial charge < -0.3 is 10.2 Å². The highest BCUT2D eigenvalue weighted by Gasteiger charge is 2.28. The lowest BCUT2D eigenvalue weighted by Gasteiger charge is -2.30. The number of piperidine rings is 1.